The van der Waals surface area contributed by atoms with E-state index in [1.54, 1.807) is 21.1 Å². The molecule has 0 aliphatic carbocycles. The van der Waals surface area contributed by atoms with Crippen LogP contribution in [-0.4, -0.2) is 75.5 Å². The van der Waals surface area contributed by atoms with Gasteiger partial charge in [-0.25, -0.2) is 0 Å². The smallest absolute Gasteiger partial charge is 0.306 e. The number of esters is 2. The van der Waals surface area contributed by atoms with Crippen molar-refractivity contribution in [2.45, 2.75) is 219 Å². The first-order chi connectivity index (χ1) is 27.6. The van der Waals surface area contributed by atoms with Crippen LogP contribution in [0.2, 0.25) is 0 Å². The molecule has 0 fully saturated rings. The molecule has 0 spiro atoms. The van der Waals surface area contributed by atoms with E-state index in [0.29, 0.717) is 12.8 Å². The summed E-state index contributed by atoms with van der Waals surface area (Å²) in [6.45, 7) is 4.61. The number of likely N-dealkylation sites (N-methyl/N-ethyl adjacent to an activating group) is 1. The first-order valence-electron chi connectivity index (χ1n) is 23.5. The summed E-state index contributed by atoms with van der Waals surface area (Å²) in [7, 11) is 5.40. The Kier molecular flexibility index (Phi) is 38.6. The molecule has 2 atom stereocenters. The van der Waals surface area contributed by atoms with Crippen molar-refractivity contribution in [3.05, 3.63) is 36.5 Å². The summed E-state index contributed by atoms with van der Waals surface area (Å²) < 4.78 is 17.2. The van der Waals surface area contributed by atoms with Gasteiger partial charge in [0.1, 0.15) is 12.6 Å². The quantitative estimate of drug-likeness (QED) is 0.0262. The van der Waals surface area contributed by atoms with Crippen LogP contribution in [0.25, 0.3) is 0 Å². The average molecular weight is 804 g/mol. The van der Waals surface area contributed by atoms with Crippen molar-refractivity contribution < 1.29 is 38.2 Å². The Morgan fingerprint density at radius 2 is 0.947 bits per heavy atom. The lowest BCUT2D eigenvalue weighted by atomic mass is 10.1. The summed E-state index contributed by atoms with van der Waals surface area (Å²) in [5.41, 5.74) is 0. The van der Waals surface area contributed by atoms with E-state index in [9.17, 15) is 19.5 Å². The van der Waals surface area contributed by atoms with Crippen LogP contribution < -0.4 is 5.11 Å². The molecule has 0 rings (SSSR count). The maximum atomic E-state index is 12.7. The standard InChI is InChI=1S/C49H89NO7/c1-6-8-10-12-14-16-18-19-20-21-22-23-24-25-26-27-28-30-31-33-35-37-39-47(51)56-44-45(43-55-42-41-46(49(53)54)50(3,4)5)57-48(52)40-38-36-34-32-29-17-15-13-11-9-7-2/h13,15,21-22,24-25,45-46H,6-12,14,16-20,23,26-44H2,1-5H3/b15-13+,22-21+,25-24+. The number of unbranched alkanes of at least 4 members (excludes halogenated alkanes) is 22. The van der Waals surface area contributed by atoms with E-state index in [4.69, 9.17) is 14.2 Å². The van der Waals surface area contributed by atoms with Gasteiger partial charge in [-0.2, -0.15) is 0 Å². The van der Waals surface area contributed by atoms with Crippen LogP contribution in [0.15, 0.2) is 36.5 Å². The number of carbonyl (C=O) groups excluding carboxylic acids is 3. The molecular formula is C49H89NO7. The third-order valence-corrected chi connectivity index (χ3v) is 10.5. The number of quaternary nitrogens is 1. The molecule has 0 aromatic rings. The third-order valence-electron chi connectivity index (χ3n) is 10.5. The van der Waals surface area contributed by atoms with Gasteiger partial charge in [0.25, 0.3) is 0 Å². The Balaban J connectivity index is 4.23. The molecule has 0 saturated carbocycles. The Morgan fingerprint density at radius 3 is 1.42 bits per heavy atom. The normalized spacial score (nSPS) is 13.2. The molecule has 57 heavy (non-hydrogen) atoms. The molecule has 8 nitrogen and oxygen atoms in total. The highest BCUT2D eigenvalue weighted by Gasteiger charge is 2.25. The molecule has 0 saturated heterocycles. The van der Waals surface area contributed by atoms with Crippen LogP contribution in [0.4, 0.5) is 0 Å². The minimum Gasteiger partial charge on any atom is -0.544 e. The van der Waals surface area contributed by atoms with Gasteiger partial charge in [-0.1, -0.05) is 159 Å². The summed E-state index contributed by atoms with van der Waals surface area (Å²) >= 11 is 0. The lowest BCUT2D eigenvalue weighted by molar-refractivity contribution is -0.889. The van der Waals surface area contributed by atoms with E-state index in [-0.39, 0.29) is 42.7 Å². The van der Waals surface area contributed by atoms with Crippen LogP contribution in [0.3, 0.4) is 0 Å². The minimum atomic E-state index is -1.13. The van der Waals surface area contributed by atoms with Gasteiger partial charge in [0, 0.05) is 19.3 Å². The van der Waals surface area contributed by atoms with Gasteiger partial charge in [0.15, 0.2) is 6.10 Å². The van der Waals surface area contributed by atoms with Gasteiger partial charge in [-0.3, -0.25) is 9.59 Å². The number of hydrogen-bond donors (Lipinski definition) is 0. The van der Waals surface area contributed by atoms with Crippen LogP contribution in [0.1, 0.15) is 206 Å². The number of allylic oxidation sites excluding steroid dienone is 6. The lowest BCUT2D eigenvalue weighted by Gasteiger charge is -2.34. The van der Waals surface area contributed by atoms with E-state index in [1.165, 1.54) is 103 Å². The monoisotopic (exact) mass is 804 g/mol. The molecule has 0 aliphatic rings. The summed E-state index contributed by atoms with van der Waals surface area (Å²) in [5, 5.41) is 11.6. The van der Waals surface area contributed by atoms with Gasteiger partial charge in [-0.15, -0.1) is 0 Å². The van der Waals surface area contributed by atoms with Crippen LogP contribution in [0, 0.1) is 0 Å². The second-order valence-corrected chi connectivity index (χ2v) is 17.0. The highest BCUT2D eigenvalue weighted by Crippen LogP contribution is 2.14. The third kappa shape index (κ3) is 38.8. The molecule has 0 amide bonds. The average Bonchev–Trinajstić information content (AvgIpc) is 3.17. The maximum absolute atomic E-state index is 12.7. The number of carbonyl (C=O) groups is 3. The fourth-order valence-corrected chi connectivity index (χ4v) is 6.79. The van der Waals surface area contributed by atoms with Gasteiger partial charge in [0.2, 0.25) is 0 Å². The number of rotatable bonds is 42. The number of carboxylic acid groups (broad SMARTS) is 1. The first kappa shape index (κ1) is 54.6. The van der Waals surface area contributed by atoms with Gasteiger partial charge >= 0.3 is 11.9 Å². The largest absolute Gasteiger partial charge is 0.544 e. The number of ether oxygens (including phenoxy) is 3. The zero-order valence-corrected chi connectivity index (χ0v) is 37.8. The van der Waals surface area contributed by atoms with Crippen molar-refractivity contribution in [2.75, 3.05) is 41.0 Å². The zero-order valence-electron chi connectivity index (χ0n) is 37.8. The van der Waals surface area contributed by atoms with E-state index in [0.717, 1.165) is 70.6 Å². The van der Waals surface area contributed by atoms with Crippen molar-refractivity contribution in [3.8, 4) is 0 Å². The molecule has 0 aromatic carbocycles. The zero-order chi connectivity index (χ0) is 42.1. The Labute approximate surface area is 351 Å². The predicted molar refractivity (Wildman–Crippen MR) is 236 cm³/mol. The fourth-order valence-electron chi connectivity index (χ4n) is 6.79. The van der Waals surface area contributed by atoms with Crippen molar-refractivity contribution in [1.82, 2.24) is 0 Å². The van der Waals surface area contributed by atoms with E-state index in [1.807, 2.05) is 0 Å². The molecule has 0 radical (unpaired) electrons. The molecule has 0 aliphatic heterocycles. The van der Waals surface area contributed by atoms with Crippen LogP contribution >= 0.6 is 0 Å². The van der Waals surface area contributed by atoms with Crippen LogP contribution in [-0.2, 0) is 28.6 Å². The second kappa shape index (κ2) is 40.3. The Bertz CT molecular complexity index is 1030. The molecule has 0 heterocycles. The molecule has 332 valence electrons. The fraction of sp³-hybridized carbons (Fsp3) is 0.816. The predicted octanol–water partition coefficient (Wildman–Crippen LogP) is 11.7. The minimum absolute atomic E-state index is 0.0357. The molecular weight excluding hydrogens is 715 g/mol. The van der Waals surface area contributed by atoms with Gasteiger partial charge in [0.05, 0.1) is 40.3 Å². The van der Waals surface area contributed by atoms with Gasteiger partial charge < -0.3 is 28.6 Å². The molecule has 2 unspecified atom stereocenters. The Hall–Kier alpha value is -2.45. The highest BCUT2D eigenvalue weighted by atomic mass is 16.6. The number of aliphatic carboxylic acids is 1. The SMILES string of the molecule is CCCC/C=C/CCCCCCCC(=O)OC(COCCC(C(=O)[O-])[N+](C)(C)C)COC(=O)CCCCCCCCC/C=C/C/C=C/CCCCCCCCCC. The lowest BCUT2D eigenvalue weighted by Crippen LogP contribution is -2.55. The van der Waals surface area contributed by atoms with Crippen LogP contribution in [0.5, 0.6) is 0 Å². The van der Waals surface area contributed by atoms with E-state index >= 15 is 0 Å². The second-order valence-electron chi connectivity index (χ2n) is 17.0. The first-order valence-corrected chi connectivity index (χ1v) is 23.5. The molecule has 8 heteroatoms. The van der Waals surface area contributed by atoms with E-state index in [2.05, 4.69) is 50.3 Å². The number of hydrogen-bond acceptors (Lipinski definition) is 7. The molecule has 0 N–H and O–H groups in total. The molecule has 0 aromatic heterocycles. The summed E-state index contributed by atoms with van der Waals surface area (Å²) in [5.74, 6) is -1.75. The summed E-state index contributed by atoms with van der Waals surface area (Å²) in [6, 6.07) is -0.727. The number of nitrogens with zero attached hydrogens (tertiary/aromatic N) is 1. The maximum Gasteiger partial charge on any atom is 0.306 e. The van der Waals surface area contributed by atoms with Crippen molar-refractivity contribution >= 4 is 17.9 Å². The van der Waals surface area contributed by atoms with Crippen molar-refractivity contribution in [1.29, 1.82) is 0 Å². The summed E-state index contributed by atoms with van der Waals surface area (Å²) in [4.78, 5) is 36.8. The van der Waals surface area contributed by atoms with Crippen molar-refractivity contribution in [3.63, 3.8) is 0 Å². The molecule has 0 bridgehead atoms. The van der Waals surface area contributed by atoms with E-state index < -0.39 is 18.1 Å². The summed E-state index contributed by atoms with van der Waals surface area (Å²) in [6.07, 6.45) is 46.0. The van der Waals surface area contributed by atoms with Gasteiger partial charge in [-0.05, 0) is 64.2 Å². The number of carboxylic acids is 1. The Morgan fingerprint density at radius 1 is 0.526 bits per heavy atom. The highest BCUT2D eigenvalue weighted by molar-refractivity contribution is 5.70. The topological polar surface area (TPSA) is 102 Å². The van der Waals surface area contributed by atoms with Crippen molar-refractivity contribution in [2.24, 2.45) is 0 Å².